The molecule has 0 atom stereocenters. The fourth-order valence-corrected chi connectivity index (χ4v) is 2.32. The predicted octanol–water partition coefficient (Wildman–Crippen LogP) is 3.08. The molecule has 0 saturated carbocycles. The van der Waals surface area contributed by atoms with Gasteiger partial charge in [-0.2, -0.15) is 4.98 Å². The summed E-state index contributed by atoms with van der Waals surface area (Å²) in [6, 6.07) is 3.61. The number of fused-ring (bicyclic) bond motifs is 1. The van der Waals surface area contributed by atoms with Gasteiger partial charge in [-0.25, -0.2) is 4.98 Å². The van der Waals surface area contributed by atoms with E-state index in [0.717, 1.165) is 11.3 Å². The van der Waals surface area contributed by atoms with Crippen LogP contribution in [0.1, 0.15) is 47.4 Å². The van der Waals surface area contributed by atoms with Crippen LogP contribution in [-0.4, -0.2) is 33.2 Å². The number of hydrogen-bond donors (Lipinski definition) is 0. The number of nitrogens with zero attached hydrogens (tertiary/aromatic N) is 3. The van der Waals surface area contributed by atoms with Gasteiger partial charge in [0.05, 0.1) is 7.11 Å². The first-order chi connectivity index (χ1) is 10.5. The summed E-state index contributed by atoms with van der Waals surface area (Å²) in [5, 5.41) is 0. The summed E-state index contributed by atoms with van der Waals surface area (Å²) in [4.78, 5) is 21.4. The van der Waals surface area contributed by atoms with Gasteiger partial charge in [-0.15, -0.1) is 0 Å². The quantitative estimate of drug-likeness (QED) is 0.813. The van der Waals surface area contributed by atoms with Gasteiger partial charge in [0, 0.05) is 11.5 Å². The van der Waals surface area contributed by atoms with E-state index in [1.165, 1.54) is 0 Å². The predicted molar refractivity (Wildman–Crippen MR) is 88.6 cm³/mol. The maximum absolute atomic E-state index is 12.3. The smallest absolute Gasteiger partial charge is 0.326 e. The Morgan fingerprint density at radius 3 is 2.30 bits per heavy atom. The molecule has 0 fully saturated rings. The van der Waals surface area contributed by atoms with Gasteiger partial charge in [0.1, 0.15) is 23.5 Å². The summed E-state index contributed by atoms with van der Waals surface area (Å²) in [6.07, 6.45) is 0. The topological polar surface area (TPSA) is 66.2 Å². The molecular formula is C17H25N3O3. The lowest BCUT2D eigenvalue weighted by atomic mass is 9.96. The molecule has 2 aromatic heterocycles. The lowest BCUT2D eigenvalue weighted by Gasteiger charge is -2.22. The van der Waals surface area contributed by atoms with Crippen LogP contribution in [0.4, 0.5) is 0 Å². The molecule has 6 heteroatoms. The average molecular weight is 319 g/mol. The molecule has 0 bridgehead atoms. The standard InChI is InChI=1S/C17H25N3O3/c1-16(2,3)15-18-11-8-9-12(22-7)19-14(11)20(15)10-13(21)23-17(4,5)6/h8-9H,10H2,1-7H3. The normalized spacial score (nSPS) is 12.5. The molecule has 2 heterocycles. The molecule has 0 aliphatic rings. The van der Waals surface area contributed by atoms with Crippen molar-refractivity contribution in [2.45, 2.75) is 59.1 Å². The molecule has 0 amide bonds. The Morgan fingerprint density at radius 2 is 1.78 bits per heavy atom. The monoisotopic (exact) mass is 319 g/mol. The number of carbonyl (C=O) groups is 1. The Kier molecular flexibility index (Phi) is 4.37. The number of methoxy groups -OCH3 is 1. The van der Waals surface area contributed by atoms with Gasteiger partial charge in [-0.3, -0.25) is 4.79 Å². The van der Waals surface area contributed by atoms with Crippen molar-refractivity contribution in [1.29, 1.82) is 0 Å². The molecule has 0 N–H and O–H groups in total. The number of ether oxygens (including phenoxy) is 2. The van der Waals surface area contributed by atoms with E-state index in [-0.39, 0.29) is 17.9 Å². The third kappa shape index (κ3) is 4.00. The summed E-state index contributed by atoms with van der Waals surface area (Å²) >= 11 is 0. The first-order valence-corrected chi connectivity index (χ1v) is 7.65. The zero-order valence-corrected chi connectivity index (χ0v) is 14.9. The minimum absolute atomic E-state index is 0.0700. The molecule has 2 rings (SSSR count). The van der Waals surface area contributed by atoms with Gasteiger partial charge in [-0.05, 0) is 26.8 Å². The number of esters is 1. The molecule has 6 nitrogen and oxygen atoms in total. The van der Waals surface area contributed by atoms with Gasteiger partial charge < -0.3 is 14.0 Å². The average Bonchev–Trinajstić information content (AvgIpc) is 2.74. The fourth-order valence-electron chi connectivity index (χ4n) is 2.32. The minimum Gasteiger partial charge on any atom is -0.481 e. The molecule has 0 spiro atoms. The Balaban J connectivity index is 2.51. The van der Waals surface area contributed by atoms with E-state index in [1.54, 1.807) is 13.2 Å². The SMILES string of the molecule is COc1ccc2nc(C(C)(C)C)n(CC(=O)OC(C)(C)C)c2n1. The molecule has 0 aliphatic heterocycles. The molecule has 0 radical (unpaired) electrons. The van der Waals surface area contributed by atoms with Crippen molar-refractivity contribution in [1.82, 2.24) is 14.5 Å². The second-order valence-electron chi connectivity index (χ2n) is 7.55. The number of hydrogen-bond acceptors (Lipinski definition) is 5. The first-order valence-electron chi connectivity index (χ1n) is 7.65. The van der Waals surface area contributed by atoms with E-state index in [9.17, 15) is 4.79 Å². The van der Waals surface area contributed by atoms with Crippen molar-refractivity contribution in [3.05, 3.63) is 18.0 Å². The fraction of sp³-hybridized carbons (Fsp3) is 0.588. The van der Waals surface area contributed by atoms with Crippen LogP contribution < -0.4 is 4.74 Å². The highest BCUT2D eigenvalue weighted by Crippen LogP contribution is 2.27. The molecule has 0 aromatic carbocycles. The van der Waals surface area contributed by atoms with Crippen LogP contribution in [0.5, 0.6) is 5.88 Å². The van der Waals surface area contributed by atoms with Crippen LogP contribution in [0.2, 0.25) is 0 Å². The van der Waals surface area contributed by atoms with E-state index in [1.807, 2.05) is 31.4 Å². The van der Waals surface area contributed by atoms with Gasteiger partial charge in [-0.1, -0.05) is 20.8 Å². The molecular weight excluding hydrogens is 294 g/mol. The summed E-state index contributed by atoms with van der Waals surface area (Å²) in [6.45, 7) is 11.8. The maximum atomic E-state index is 12.3. The highest BCUT2D eigenvalue weighted by molar-refractivity contribution is 5.76. The number of aromatic nitrogens is 3. The Hall–Kier alpha value is -2.11. The van der Waals surface area contributed by atoms with Crippen molar-refractivity contribution in [2.24, 2.45) is 0 Å². The molecule has 0 aliphatic carbocycles. The third-order valence-electron chi connectivity index (χ3n) is 3.15. The number of pyridine rings is 1. The van der Waals surface area contributed by atoms with Crippen LogP contribution in [0.15, 0.2) is 12.1 Å². The second kappa shape index (κ2) is 5.83. The highest BCUT2D eigenvalue weighted by atomic mass is 16.6. The summed E-state index contributed by atoms with van der Waals surface area (Å²) in [5.41, 5.74) is 0.607. The van der Waals surface area contributed by atoms with Gasteiger partial charge >= 0.3 is 5.97 Å². The number of imidazole rings is 1. The van der Waals surface area contributed by atoms with Crippen LogP contribution in [-0.2, 0) is 21.5 Å². The van der Waals surface area contributed by atoms with Crippen molar-refractivity contribution in [2.75, 3.05) is 7.11 Å². The molecule has 23 heavy (non-hydrogen) atoms. The Bertz CT molecular complexity index is 721. The Labute approximate surface area is 136 Å². The lowest BCUT2D eigenvalue weighted by Crippen LogP contribution is -2.28. The van der Waals surface area contributed by atoms with E-state index >= 15 is 0 Å². The van der Waals surface area contributed by atoms with Crippen LogP contribution >= 0.6 is 0 Å². The lowest BCUT2D eigenvalue weighted by molar-refractivity contribution is -0.155. The largest absolute Gasteiger partial charge is 0.481 e. The van der Waals surface area contributed by atoms with Crippen molar-refractivity contribution >= 4 is 17.1 Å². The van der Waals surface area contributed by atoms with Gasteiger partial charge in [0.25, 0.3) is 0 Å². The molecule has 2 aromatic rings. The zero-order valence-electron chi connectivity index (χ0n) is 14.9. The zero-order chi connectivity index (χ0) is 17.4. The maximum Gasteiger partial charge on any atom is 0.326 e. The first kappa shape index (κ1) is 17.2. The number of carbonyl (C=O) groups excluding carboxylic acids is 1. The highest BCUT2D eigenvalue weighted by Gasteiger charge is 2.26. The Morgan fingerprint density at radius 1 is 1.13 bits per heavy atom. The van der Waals surface area contributed by atoms with Crippen molar-refractivity contribution < 1.29 is 14.3 Å². The molecule has 0 unspecified atom stereocenters. The van der Waals surface area contributed by atoms with Crippen molar-refractivity contribution in [3.8, 4) is 5.88 Å². The minimum atomic E-state index is -0.527. The number of rotatable bonds is 3. The van der Waals surface area contributed by atoms with E-state index in [0.29, 0.717) is 11.5 Å². The van der Waals surface area contributed by atoms with Crippen LogP contribution in [0, 0.1) is 0 Å². The third-order valence-corrected chi connectivity index (χ3v) is 3.15. The summed E-state index contributed by atoms with van der Waals surface area (Å²) < 4.78 is 12.4. The van der Waals surface area contributed by atoms with Gasteiger partial charge in [0.15, 0.2) is 5.65 Å². The summed E-state index contributed by atoms with van der Waals surface area (Å²) in [5.74, 6) is 0.967. The van der Waals surface area contributed by atoms with Gasteiger partial charge in [0.2, 0.25) is 5.88 Å². The van der Waals surface area contributed by atoms with Crippen molar-refractivity contribution in [3.63, 3.8) is 0 Å². The summed E-state index contributed by atoms with van der Waals surface area (Å²) in [7, 11) is 1.56. The molecule has 126 valence electrons. The van der Waals surface area contributed by atoms with Crippen LogP contribution in [0.3, 0.4) is 0 Å². The van der Waals surface area contributed by atoms with E-state index < -0.39 is 5.60 Å². The van der Waals surface area contributed by atoms with E-state index in [2.05, 4.69) is 30.7 Å². The molecule has 0 saturated heterocycles. The van der Waals surface area contributed by atoms with Crippen LogP contribution in [0.25, 0.3) is 11.2 Å². The second-order valence-corrected chi connectivity index (χ2v) is 7.55. The van der Waals surface area contributed by atoms with E-state index in [4.69, 9.17) is 9.47 Å².